The highest BCUT2D eigenvalue weighted by molar-refractivity contribution is 6.06. The molecular weight excluding hydrogens is 310 g/mol. The molecule has 0 saturated heterocycles. The average molecular weight is 329 g/mol. The maximum absolute atomic E-state index is 12.6. The molecule has 0 spiro atoms. The van der Waals surface area contributed by atoms with Crippen molar-refractivity contribution < 1.29 is 18.8 Å². The Labute approximate surface area is 138 Å². The molecule has 0 aliphatic rings. The Balaban J connectivity index is 1.76. The van der Waals surface area contributed by atoms with Crippen molar-refractivity contribution in [2.24, 2.45) is 0 Å². The predicted molar refractivity (Wildman–Crippen MR) is 86.5 cm³/mol. The van der Waals surface area contributed by atoms with Crippen LogP contribution in [0.3, 0.4) is 0 Å². The molecule has 0 bridgehead atoms. The van der Waals surface area contributed by atoms with Crippen molar-refractivity contribution >= 4 is 17.0 Å². The zero-order chi connectivity index (χ0) is 17.3. The fourth-order valence-electron chi connectivity index (χ4n) is 2.69. The smallest absolute Gasteiger partial charge is 0.258 e. The van der Waals surface area contributed by atoms with Crippen molar-refractivity contribution in [2.75, 3.05) is 0 Å². The van der Waals surface area contributed by atoms with Crippen molar-refractivity contribution in [1.82, 2.24) is 15.5 Å². The largest absolute Gasteiger partial charge is 0.467 e. The summed E-state index contributed by atoms with van der Waals surface area (Å²) < 4.78 is 10.3. The number of nitrogens with zero attached hydrogens (tertiary/aromatic N) is 2. The molecule has 0 saturated carbocycles. The van der Waals surface area contributed by atoms with Crippen LogP contribution < -0.4 is 5.32 Å². The number of aryl methyl sites for hydroxylation is 2. The quantitative estimate of drug-likeness (QED) is 0.746. The van der Waals surface area contributed by atoms with Gasteiger partial charge in [0.2, 0.25) is 0 Å². The number of nitrogens with one attached hydrogen (secondary N) is 1. The van der Waals surface area contributed by atoms with E-state index < -0.39 is 6.10 Å². The first kappa shape index (κ1) is 16.2. The number of aromatic nitrogens is 2. The van der Waals surface area contributed by atoms with Gasteiger partial charge in [0.1, 0.15) is 11.9 Å². The molecule has 0 aliphatic carbocycles. The normalized spacial score (nSPS) is 13.8. The molecule has 3 aromatic heterocycles. The maximum atomic E-state index is 12.6. The minimum absolute atomic E-state index is 0.249. The van der Waals surface area contributed by atoms with Crippen LogP contribution in [-0.4, -0.2) is 27.2 Å². The van der Waals surface area contributed by atoms with Crippen LogP contribution in [-0.2, 0) is 0 Å². The number of amides is 1. The third kappa shape index (κ3) is 3.16. The lowest BCUT2D eigenvalue weighted by Gasteiger charge is -2.17. The van der Waals surface area contributed by atoms with E-state index in [1.54, 1.807) is 32.0 Å². The van der Waals surface area contributed by atoms with Crippen LogP contribution in [0.25, 0.3) is 11.1 Å². The Hall–Kier alpha value is -2.67. The molecule has 2 N–H and O–H groups in total. The lowest BCUT2D eigenvalue weighted by Crippen LogP contribution is -2.34. The molecule has 3 aromatic rings. The number of aliphatic hydroxyl groups is 1. The van der Waals surface area contributed by atoms with Gasteiger partial charge in [0, 0.05) is 18.2 Å². The van der Waals surface area contributed by atoms with E-state index in [0.717, 1.165) is 0 Å². The highest BCUT2D eigenvalue weighted by Gasteiger charge is 2.21. The summed E-state index contributed by atoms with van der Waals surface area (Å²) in [5.74, 6) is 0.226. The molecule has 1 amide bonds. The fourth-order valence-corrected chi connectivity index (χ4v) is 2.69. The summed E-state index contributed by atoms with van der Waals surface area (Å²) in [6.45, 7) is 5.39. The van der Waals surface area contributed by atoms with Gasteiger partial charge in [-0.05, 0) is 39.0 Å². The number of rotatable bonds is 5. The number of hydrogen-bond donors (Lipinski definition) is 2. The van der Waals surface area contributed by atoms with Gasteiger partial charge < -0.3 is 19.4 Å². The van der Waals surface area contributed by atoms with Crippen LogP contribution in [0.5, 0.6) is 0 Å². The summed E-state index contributed by atoms with van der Waals surface area (Å²) >= 11 is 0. The Morgan fingerprint density at radius 2 is 2.21 bits per heavy atom. The maximum Gasteiger partial charge on any atom is 0.258 e. The van der Waals surface area contributed by atoms with Crippen molar-refractivity contribution in [3.05, 3.63) is 47.2 Å². The monoisotopic (exact) mass is 329 g/mol. The first-order valence-corrected chi connectivity index (χ1v) is 7.71. The van der Waals surface area contributed by atoms with E-state index in [1.807, 2.05) is 6.92 Å². The second-order valence-corrected chi connectivity index (χ2v) is 5.90. The van der Waals surface area contributed by atoms with E-state index in [1.165, 1.54) is 6.26 Å². The molecule has 0 aromatic carbocycles. The SMILES string of the molecule is Cc1cc(C(=O)NC(C)CC(O)c2ccco2)c2c(C)noc2n1. The van der Waals surface area contributed by atoms with Gasteiger partial charge in [-0.1, -0.05) is 5.16 Å². The zero-order valence-corrected chi connectivity index (χ0v) is 13.7. The van der Waals surface area contributed by atoms with E-state index in [0.29, 0.717) is 40.2 Å². The molecule has 3 rings (SSSR count). The predicted octanol–water partition coefficient (Wildman–Crippen LogP) is 2.67. The van der Waals surface area contributed by atoms with E-state index in [4.69, 9.17) is 8.94 Å². The molecule has 0 fully saturated rings. The molecule has 0 aliphatic heterocycles. The molecule has 24 heavy (non-hydrogen) atoms. The first-order valence-electron chi connectivity index (χ1n) is 7.71. The van der Waals surface area contributed by atoms with Gasteiger partial charge in [0.05, 0.1) is 22.9 Å². The van der Waals surface area contributed by atoms with Crippen molar-refractivity contribution in [2.45, 2.75) is 39.3 Å². The summed E-state index contributed by atoms with van der Waals surface area (Å²) in [4.78, 5) is 16.9. The lowest BCUT2D eigenvalue weighted by atomic mass is 10.1. The third-order valence-electron chi connectivity index (χ3n) is 3.82. The van der Waals surface area contributed by atoms with Crippen molar-refractivity contribution in [1.29, 1.82) is 0 Å². The minimum Gasteiger partial charge on any atom is -0.467 e. The van der Waals surface area contributed by atoms with E-state index in [2.05, 4.69) is 15.5 Å². The second kappa shape index (κ2) is 6.45. The molecule has 0 radical (unpaired) electrons. The summed E-state index contributed by atoms with van der Waals surface area (Å²) in [5.41, 5.74) is 2.11. The molecule has 3 heterocycles. The summed E-state index contributed by atoms with van der Waals surface area (Å²) in [6.07, 6.45) is 1.08. The van der Waals surface area contributed by atoms with E-state index in [-0.39, 0.29) is 11.9 Å². The number of carbonyl (C=O) groups is 1. The van der Waals surface area contributed by atoms with Gasteiger partial charge in [-0.15, -0.1) is 0 Å². The van der Waals surface area contributed by atoms with Gasteiger partial charge in [0.25, 0.3) is 11.6 Å². The number of carbonyl (C=O) groups excluding carboxylic acids is 1. The van der Waals surface area contributed by atoms with Gasteiger partial charge in [-0.3, -0.25) is 4.79 Å². The number of aliphatic hydroxyl groups excluding tert-OH is 1. The molecular formula is C17H19N3O4. The zero-order valence-electron chi connectivity index (χ0n) is 13.7. The van der Waals surface area contributed by atoms with Crippen LogP contribution in [0, 0.1) is 13.8 Å². The van der Waals surface area contributed by atoms with Gasteiger partial charge in [-0.25, -0.2) is 4.98 Å². The highest BCUT2D eigenvalue weighted by atomic mass is 16.5. The average Bonchev–Trinajstić information content (AvgIpc) is 3.16. The van der Waals surface area contributed by atoms with Crippen LogP contribution >= 0.6 is 0 Å². The Bertz CT molecular complexity index is 854. The van der Waals surface area contributed by atoms with Crippen molar-refractivity contribution in [3.63, 3.8) is 0 Å². The molecule has 2 unspecified atom stereocenters. The van der Waals surface area contributed by atoms with E-state index >= 15 is 0 Å². The van der Waals surface area contributed by atoms with Crippen LogP contribution in [0.2, 0.25) is 0 Å². The standard InChI is InChI=1S/C17H19N3O4/c1-9-7-12(15-11(3)20-24-17(15)19-9)16(22)18-10(2)8-13(21)14-5-4-6-23-14/h4-7,10,13,21H,8H2,1-3H3,(H,18,22). The number of hydrogen-bond acceptors (Lipinski definition) is 6. The number of furan rings is 1. The highest BCUT2D eigenvalue weighted by Crippen LogP contribution is 2.23. The Morgan fingerprint density at radius 3 is 2.92 bits per heavy atom. The third-order valence-corrected chi connectivity index (χ3v) is 3.82. The van der Waals surface area contributed by atoms with Crippen molar-refractivity contribution in [3.8, 4) is 0 Å². The molecule has 7 nitrogen and oxygen atoms in total. The van der Waals surface area contributed by atoms with Crippen LogP contribution in [0.4, 0.5) is 0 Å². The Morgan fingerprint density at radius 1 is 1.42 bits per heavy atom. The number of fused-ring (bicyclic) bond motifs is 1. The first-order chi connectivity index (χ1) is 11.5. The summed E-state index contributed by atoms with van der Waals surface area (Å²) in [6, 6.07) is 4.88. The second-order valence-electron chi connectivity index (χ2n) is 5.90. The van der Waals surface area contributed by atoms with Crippen LogP contribution in [0.1, 0.15) is 47.0 Å². The topological polar surface area (TPSA) is 101 Å². The van der Waals surface area contributed by atoms with Gasteiger partial charge in [0.15, 0.2) is 0 Å². The minimum atomic E-state index is -0.771. The number of pyridine rings is 1. The molecule has 126 valence electrons. The summed E-state index contributed by atoms with van der Waals surface area (Å²) in [7, 11) is 0. The summed E-state index contributed by atoms with van der Waals surface area (Å²) in [5, 5.41) is 17.5. The lowest BCUT2D eigenvalue weighted by molar-refractivity contribution is 0.0904. The molecule has 7 heteroatoms. The molecule has 2 atom stereocenters. The van der Waals surface area contributed by atoms with Gasteiger partial charge >= 0.3 is 0 Å². The van der Waals surface area contributed by atoms with E-state index in [9.17, 15) is 9.90 Å². The Kier molecular flexibility index (Phi) is 4.35. The van der Waals surface area contributed by atoms with Crippen LogP contribution in [0.15, 0.2) is 33.4 Å². The van der Waals surface area contributed by atoms with Gasteiger partial charge in [-0.2, -0.15) is 0 Å². The fraction of sp³-hybridized carbons (Fsp3) is 0.353.